The molecule has 0 unspecified atom stereocenters. The third-order valence-electron chi connectivity index (χ3n) is 1.58. The average Bonchev–Trinajstić information content (AvgIpc) is 1.96. The van der Waals surface area contributed by atoms with Gasteiger partial charge in [0.2, 0.25) is 0 Å². The Bertz CT molecular complexity index is 155. The van der Waals surface area contributed by atoms with E-state index in [-0.39, 0.29) is 0 Å². The minimum Gasteiger partial charge on any atom is -0.107 e. The minimum absolute atomic E-state index is 1.06. The summed E-state index contributed by atoms with van der Waals surface area (Å²) in [5.74, 6) is 5.96. The van der Waals surface area contributed by atoms with Gasteiger partial charge in [-0.25, -0.2) is 0 Å². The van der Waals surface area contributed by atoms with Crippen molar-refractivity contribution >= 4 is 0 Å². The van der Waals surface area contributed by atoms with Crippen LogP contribution in [0.15, 0.2) is 12.2 Å². The third kappa shape index (κ3) is 9.30. The van der Waals surface area contributed by atoms with E-state index < -0.39 is 0 Å². The largest absolute Gasteiger partial charge is 0.107 e. The molecule has 0 N–H and O–H groups in total. The van der Waals surface area contributed by atoms with Gasteiger partial charge in [0.25, 0.3) is 0 Å². The maximum absolute atomic E-state index is 3.86. The molecule has 0 aromatic carbocycles. The van der Waals surface area contributed by atoms with Crippen molar-refractivity contribution in [3.63, 3.8) is 0 Å². The molecule has 62 valence electrons. The zero-order chi connectivity index (χ0) is 8.53. The second-order valence-electron chi connectivity index (χ2n) is 2.94. The van der Waals surface area contributed by atoms with Crippen LogP contribution in [-0.4, -0.2) is 0 Å². The van der Waals surface area contributed by atoms with Gasteiger partial charge in [-0.3, -0.25) is 0 Å². The molecule has 0 aliphatic rings. The highest BCUT2D eigenvalue weighted by molar-refractivity contribution is 4.94. The Morgan fingerprint density at radius 1 is 1.27 bits per heavy atom. The van der Waals surface area contributed by atoms with Crippen molar-refractivity contribution in [1.29, 1.82) is 0 Å². The van der Waals surface area contributed by atoms with E-state index in [0.29, 0.717) is 0 Å². The molecule has 0 aromatic heterocycles. The highest BCUT2D eigenvalue weighted by atomic mass is 13.9. The molecular formula is C11H18. The van der Waals surface area contributed by atoms with Crippen LogP contribution in [0, 0.1) is 11.8 Å². The molecule has 0 spiro atoms. The predicted molar refractivity (Wildman–Crippen MR) is 51.3 cm³/mol. The summed E-state index contributed by atoms with van der Waals surface area (Å²) in [6.45, 7) is 7.85. The first-order valence-corrected chi connectivity index (χ1v) is 4.31. The Labute approximate surface area is 70.7 Å². The Hall–Kier alpha value is -0.700. The number of rotatable bonds is 5. The quantitative estimate of drug-likeness (QED) is 0.319. The highest BCUT2D eigenvalue weighted by Gasteiger charge is 1.87. The lowest BCUT2D eigenvalue weighted by molar-refractivity contribution is 0.690. The SMILES string of the molecule is C=C(C)CCCCCC#CC. The molecule has 11 heavy (non-hydrogen) atoms. The Balaban J connectivity index is 3.00. The first-order valence-electron chi connectivity index (χ1n) is 4.31. The first kappa shape index (κ1) is 10.3. The van der Waals surface area contributed by atoms with Crippen LogP contribution in [0.2, 0.25) is 0 Å². The Kier molecular flexibility index (Phi) is 6.94. The van der Waals surface area contributed by atoms with Gasteiger partial charge >= 0.3 is 0 Å². The summed E-state index contributed by atoms with van der Waals surface area (Å²) >= 11 is 0. The lowest BCUT2D eigenvalue weighted by Gasteiger charge is -1.96. The topological polar surface area (TPSA) is 0 Å². The molecule has 0 saturated carbocycles. The summed E-state index contributed by atoms with van der Waals surface area (Å²) in [4.78, 5) is 0. The van der Waals surface area contributed by atoms with Crippen LogP contribution in [0.4, 0.5) is 0 Å². The third-order valence-corrected chi connectivity index (χ3v) is 1.58. The van der Waals surface area contributed by atoms with E-state index in [1.807, 2.05) is 6.92 Å². The van der Waals surface area contributed by atoms with Gasteiger partial charge in [-0.2, -0.15) is 0 Å². The van der Waals surface area contributed by atoms with Crippen LogP contribution in [0.5, 0.6) is 0 Å². The average molecular weight is 150 g/mol. The molecule has 0 nitrogen and oxygen atoms in total. The molecule has 0 aromatic rings. The van der Waals surface area contributed by atoms with E-state index >= 15 is 0 Å². The fourth-order valence-electron chi connectivity index (χ4n) is 0.942. The van der Waals surface area contributed by atoms with Crippen molar-refractivity contribution in [2.45, 2.75) is 46.0 Å². The van der Waals surface area contributed by atoms with Crippen molar-refractivity contribution in [1.82, 2.24) is 0 Å². The van der Waals surface area contributed by atoms with Gasteiger partial charge in [0.1, 0.15) is 0 Å². The molecule has 0 aliphatic heterocycles. The van der Waals surface area contributed by atoms with Gasteiger partial charge in [0, 0.05) is 6.42 Å². The summed E-state index contributed by atoms with van der Waals surface area (Å²) < 4.78 is 0. The lowest BCUT2D eigenvalue weighted by atomic mass is 10.1. The van der Waals surface area contributed by atoms with Crippen LogP contribution < -0.4 is 0 Å². The van der Waals surface area contributed by atoms with Gasteiger partial charge in [0.05, 0.1) is 0 Å². The zero-order valence-electron chi connectivity index (χ0n) is 7.74. The minimum atomic E-state index is 1.06. The second-order valence-corrected chi connectivity index (χ2v) is 2.94. The first-order chi connectivity index (χ1) is 5.27. The molecule has 0 radical (unpaired) electrons. The molecule has 0 heteroatoms. The molecule has 0 saturated heterocycles. The van der Waals surface area contributed by atoms with Crippen LogP contribution in [-0.2, 0) is 0 Å². The number of unbranched alkanes of at least 4 members (excludes halogenated alkanes) is 3. The van der Waals surface area contributed by atoms with Crippen molar-refractivity contribution in [3.05, 3.63) is 12.2 Å². The van der Waals surface area contributed by atoms with Crippen molar-refractivity contribution in [2.75, 3.05) is 0 Å². The van der Waals surface area contributed by atoms with Crippen LogP contribution in [0.25, 0.3) is 0 Å². The monoisotopic (exact) mass is 150 g/mol. The zero-order valence-corrected chi connectivity index (χ0v) is 7.74. The second kappa shape index (κ2) is 7.41. The Morgan fingerprint density at radius 2 is 2.00 bits per heavy atom. The van der Waals surface area contributed by atoms with Crippen molar-refractivity contribution < 1.29 is 0 Å². The van der Waals surface area contributed by atoms with E-state index in [0.717, 1.165) is 6.42 Å². The van der Waals surface area contributed by atoms with Gasteiger partial charge in [-0.15, -0.1) is 18.4 Å². The summed E-state index contributed by atoms with van der Waals surface area (Å²) in [5, 5.41) is 0. The predicted octanol–water partition coefficient (Wildman–Crippen LogP) is 3.54. The smallest absolute Gasteiger partial charge is 0.00885 e. The highest BCUT2D eigenvalue weighted by Crippen LogP contribution is 2.06. The van der Waals surface area contributed by atoms with E-state index in [1.165, 1.54) is 31.3 Å². The van der Waals surface area contributed by atoms with Crippen molar-refractivity contribution in [3.8, 4) is 11.8 Å². The summed E-state index contributed by atoms with van der Waals surface area (Å²) in [5.41, 5.74) is 1.30. The van der Waals surface area contributed by atoms with Crippen LogP contribution in [0.1, 0.15) is 46.0 Å². The molecule has 0 atom stereocenters. The maximum atomic E-state index is 3.86. The maximum Gasteiger partial charge on any atom is 0.00885 e. The van der Waals surface area contributed by atoms with Gasteiger partial charge in [-0.05, 0) is 33.1 Å². The fourth-order valence-corrected chi connectivity index (χ4v) is 0.942. The van der Waals surface area contributed by atoms with E-state index in [2.05, 4.69) is 25.3 Å². The normalized spacial score (nSPS) is 8.55. The summed E-state index contributed by atoms with van der Waals surface area (Å²) in [6.07, 6.45) is 6.06. The Morgan fingerprint density at radius 3 is 2.55 bits per heavy atom. The molecule has 0 aliphatic carbocycles. The molecule has 0 amide bonds. The van der Waals surface area contributed by atoms with Gasteiger partial charge in [-0.1, -0.05) is 12.0 Å². The van der Waals surface area contributed by atoms with Crippen LogP contribution >= 0.6 is 0 Å². The molecule has 0 rings (SSSR count). The summed E-state index contributed by atoms with van der Waals surface area (Å²) in [7, 11) is 0. The molecule has 0 heterocycles. The molecule has 0 bridgehead atoms. The standard InChI is InChI=1S/C11H18/c1-4-5-6-7-8-9-10-11(2)3/h2,6-10H2,1,3H3. The number of hydrogen-bond donors (Lipinski definition) is 0. The molecule has 0 fully saturated rings. The lowest BCUT2D eigenvalue weighted by Crippen LogP contribution is -1.78. The van der Waals surface area contributed by atoms with Crippen molar-refractivity contribution in [2.24, 2.45) is 0 Å². The fraction of sp³-hybridized carbons (Fsp3) is 0.636. The summed E-state index contributed by atoms with van der Waals surface area (Å²) in [6, 6.07) is 0. The van der Waals surface area contributed by atoms with Gasteiger partial charge < -0.3 is 0 Å². The van der Waals surface area contributed by atoms with Crippen LogP contribution in [0.3, 0.4) is 0 Å². The number of hydrogen-bond acceptors (Lipinski definition) is 0. The van der Waals surface area contributed by atoms with Gasteiger partial charge in [0.15, 0.2) is 0 Å². The van der Waals surface area contributed by atoms with E-state index in [1.54, 1.807) is 0 Å². The van der Waals surface area contributed by atoms with E-state index in [9.17, 15) is 0 Å². The molecular weight excluding hydrogens is 132 g/mol. The van der Waals surface area contributed by atoms with E-state index in [4.69, 9.17) is 0 Å². The number of allylic oxidation sites excluding steroid dienone is 1.